The number of halogens is 1. The summed E-state index contributed by atoms with van der Waals surface area (Å²) in [6.07, 6.45) is 0. The summed E-state index contributed by atoms with van der Waals surface area (Å²) in [6.45, 7) is 3.16. The van der Waals surface area contributed by atoms with Gasteiger partial charge in [0.1, 0.15) is 5.82 Å². The largest absolute Gasteiger partial charge is 0.478 e. The Bertz CT molecular complexity index is 847. The lowest BCUT2D eigenvalue weighted by molar-refractivity contribution is 0.0696. The predicted molar refractivity (Wildman–Crippen MR) is 80.1 cm³/mol. The number of sulfonamides is 1. The Balaban J connectivity index is 2.50. The normalized spacial score (nSPS) is 11.2. The van der Waals surface area contributed by atoms with E-state index in [0.717, 1.165) is 12.1 Å². The summed E-state index contributed by atoms with van der Waals surface area (Å²) in [5, 5.41) is 9.11. The Hall–Kier alpha value is -2.41. The van der Waals surface area contributed by atoms with Gasteiger partial charge < -0.3 is 5.11 Å². The van der Waals surface area contributed by atoms with Gasteiger partial charge in [-0.05, 0) is 49.2 Å². The number of carboxylic acid groups (broad SMARTS) is 1. The fourth-order valence-electron chi connectivity index (χ4n) is 2.11. The van der Waals surface area contributed by atoms with Gasteiger partial charge in [-0.25, -0.2) is 17.6 Å². The highest BCUT2D eigenvalue weighted by Crippen LogP contribution is 2.23. The first-order chi connectivity index (χ1) is 10.2. The summed E-state index contributed by atoms with van der Waals surface area (Å²) in [5.41, 5.74) is 0.850. The molecule has 0 aromatic heterocycles. The molecule has 2 aromatic rings. The number of hydrogen-bond acceptors (Lipinski definition) is 3. The van der Waals surface area contributed by atoms with Crippen LogP contribution in [-0.4, -0.2) is 19.5 Å². The molecular formula is C15H14FNO4S. The minimum absolute atomic E-state index is 0.0665. The monoisotopic (exact) mass is 323 g/mol. The van der Waals surface area contributed by atoms with Crippen molar-refractivity contribution in [2.24, 2.45) is 0 Å². The molecule has 0 radical (unpaired) electrons. The summed E-state index contributed by atoms with van der Waals surface area (Å²) in [7, 11) is -4.01. The maximum absolute atomic E-state index is 13.1. The van der Waals surface area contributed by atoms with Crippen LogP contribution in [0.2, 0.25) is 0 Å². The molecule has 0 bridgehead atoms. The average molecular weight is 323 g/mol. The molecule has 0 atom stereocenters. The maximum Gasteiger partial charge on any atom is 0.335 e. The third-order valence-electron chi connectivity index (χ3n) is 3.12. The van der Waals surface area contributed by atoms with Crippen LogP contribution in [0.5, 0.6) is 0 Å². The van der Waals surface area contributed by atoms with Crippen molar-refractivity contribution >= 4 is 21.7 Å². The minimum Gasteiger partial charge on any atom is -0.478 e. The highest BCUT2D eigenvalue weighted by atomic mass is 32.2. The number of carbonyl (C=O) groups is 1. The van der Waals surface area contributed by atoms with E-state index in [0.29, 0.717) is 11.1 Å². The van der Waals surface area contributed by atoms with Crippen LogP contribution in [0.25, 0.3) is 0 Å². The van der Waals surface area contributed by atoms with Crippen LogP contribution < -0.4 is 4.72 Å². The van der Waals surface area contributed by atoms with Crippen LogP contribution in [-0.2, 0) is 10.0 Å². The predicted octanol–water partition coefficient (Wildman–Crippen LogP) is 2.94. The van der Waals surface area contributed by atoms with Crippen molar-refractivity contribution in [3.63, 3.8) is 0 Å². The first kappa shape index (κ1) is 16.0. The van der Waals surface area contributed by atoms with Crippen molar-refractivity contribution in [2.45, 2.75) is 18.7 Å². The zero-order valence-electron chi connectivity index (χ0n) is 11.9. The fourth-order valence-corrected chi connectivity index (χ4v) is 3.42. The van der Waals surface area contributed by atoms with Crippen molar-refractivity contribution in [3.8, 4) is 0 Å². The smallest absolute Gasteiger partial charge is 0.335 e. The number of anilines is 1. The highest BCUT2D eigenvalue weighted by molar-refractivity contribution is 7.92. The molecule has 0 saturated carbocycles. The molecule has 2 aromatic carbocycles. The van der Waals surface area contributed by atoms with Crippen LogP contribution in [0.3, 0.4) is 0 Å². The summed E-state index contributed by atoms with van der Waals surface area (Å²) >= 11 is 0. The summed E-state index contributed by atoms with van der Waals surface area (Å²) < 4.78 is 40.2. The summed E-state index contributed by atoms with van der Waals surface area (Å²) in [5.74, 6) is -1.79. The van der Waals surface area contributed by atoms with Crippen LogP contribution >= 0.6 is 0 Å². The molecule has 116 valence electrons. The van der Waals surface area contributed by atoms with Gasteiger partial charge in [0.15, 0.2) is 0 Å². The number of aryl methyl sites for hydroxylation is 2. The fraction of sp³-hybridized carbons (Fsp3) is 0.133. The maximum atomic E-state index is 13.1. The summed E-state index contributed by atoms with van der Waals surface area (Å²) in [6, 6.07) is 7.61. The quantitative estimate of drug-likeness (QED) is 0.906. The molecule has 0 aliphatic rings. The van der Waals surface area contributed by atoms with E-state index in [1.807, 2.05) is 0 Å². The van der Waals surface area contributed by atoms with Gasteiger partial charge in [0.2, 0.25) is 0 Å². The van der Waals surface area contributed by atoms with Crippen LogP contribution in [0.4, 0.5) is 10.1 Å². The van der Waals surface area contributed by atoms with E-state index in [-0.39, 0.29) is 16.1 Å². The van der Waals surface area contributed by atoms with Gasteiger partial charge in [0.25, 0.3) is 10.0 Å². The van der Waals surface area contributed by atoms with Crippen molar-refractivity contribution in [1.29, 1.82) is 0 Å². The first-order valence-electron chi connectivity index (χ1n) is 6.33. The van der Waals surface area contributed by atoms with E-state index >= 15 is 0 Å². The lowest BCUT2D eigenvalue weighted by Crippen LogP contribution is -2.16. The molecule has 0 amide bonds. The van der Waals surface area contributed by atoms with Crippen molar-refractivity contribution in [2.75, 3.05) is 4.72 Å². The van der Waals surface area contributed by atoms with E-state index in [2.05, 4.69) is 4.72 Å². The van der Waals surface area contributed by atoms with Crippen molar-refractivity contribution in [3.05, 3.63) is 58.9 Å². The standard InChI is InChI=1S/C15H14FNO4S/c1-9-6-10(2)14(8-13(9)15(18)19)22(20,21)17-12-5-3-4-11(16)7-12/h3-8,17H,1-2H3,(H,18,19). The number of benzene rings is 2. The third-order valence-corrected chi connectivity index (χ3v) is 4.64. The lowest BCUT2D eigenvalue weighted by atomic mass is 10.1. The molecule has 7 heteroatoms. The molecule has 2 N–H and O–H groups in total. The van der Waals surface area contributed by atoms with Crippen LogP contribution in [0.15, 0.2) is 41.3 Å². The number of aromatic carboxylic acids is 1. The van der Waals surface area contributed by atoms with Gasteiger partial charge >= 0.3 is 5.97 Å². The molecule has 0 unspecified atom stereocenters. The van der Waals surface area contributed by atoms with Gasteiger partial charge in [-0.1, -0.05) is 12.1 Å². The van der Waals surface area contributed by atoms with Crippen LogP contribution in [0.1, 0.15) is 21.5 Å². The SMILES string of the molecule is Cc1cc(C)c(S(=O)(=O)Nc2cccc(F)c2)cc1C(=O)O. The Morgan fingerprint density at radius 2 is 1.82 bits per heavy atom. The molecule has 0 fully saturated rings. The van der Waals surface area contributed by atoms with E-state index in [1.54, 1.807) is 13.8 Å². The zero-order chi connectivity index (χ0) is 16.5. The number of carboxylic acids is 1. The Morgan fingerprint density at radius 3 is 2.41 bits per heavy atom. The van der Waals surface area contributed by atoms with Crippen LogP contribution in [0, 0.1) is 19.7 Å². The molecule has 5 nitrogen and oxygen atoms in total. The highest BCUT2D eigenvalue weighted by Gasteiger charge is 2.21. The zero-order valence-corrected chi connectivity index (χ0v) is 12.7. The molecule has 0 spiro atoms. The van der Waals surface area contributed by atoms with Gasteiger partial charge in [-0.2, -0.15) is 0 Å². The van der Waals surface area contributed by atoms with E-state index < -0.39 is 21.8 Å². The number of nitrogens with one attached hydrogen (secondary N) is 1. The van der Waals surface area contributed by atoms with Crippen molar-refractivity contribution in [1.82, 2.24) is 0 Å². The van der Waals surface area contributed by atoms with Gasteiger partial charge in [0, 0.05) is 0 Å². The minimum atomic E-state index is -4.01. The molecule has 0 aliphatic carbocycles. The van der Waals surface area contributed by atoms with Gasteiger partial charge in [-0.15, -0.1) is 0 Å². The molecule has 22 heavy (non-hydrogen) atoms. The Labute approximate surface area is 127 Å². The second-order valence-electron chi connectivity index (χ2n) is 4.85. The molecule has 2 rings (SSSR count). The number of hydrogen-bond donors (Lipinski definition) is 2. The Morgan fingerprint density at radius 1 is 1.14 bits per heavy atom. The molecule has 0 heterocycles. The topological polar surface area (TPSA) is 83.5 Å². The Kier molecular flexibility index (Phi) is 4.18. The van der Waals surface area contributed by atoms with E-state index in [9.17, 15) is 17.6 Å². The van der Waals surface area contributed by atoms with Gasteiger partial charge in [0.05, 0.1) is 16.1 Å². The van der Waals surface area contributed by atoms with Crippen molar-refractivity contribution < 1.29 is 22.7 Å². The molecule has 0 saturated heterocycles. The third kappa shape index (κ3) is 3.25. The lowest BCUT2D eigenvalue weighted by Gasteiger charge is -2.12. The molecule has 0 aliphatic heterocycles. The number of rotatable bonds is 4. The second-order valence-corrected chi connectivity index (χ2v) is 6.50. The average Bonchev–Trinajstić information content (AvgIpc) is 2.37. The first-order valence-corrected chi connectivity index (χ1v) is 7.82. The van der Waals surface area contributed by atoms with Gasteiger partial charge in [-0.3, -0.25) is 4.72 Å². The summed E-state index contributed by atoms with van der Waals surface area (Å²) in [4.78, 5) is 11.0. The van der Waals surface area contributed by atoms with E-state index in [1.165, 1.54) is 24.3 Å². The second kappa shape index (κ2) is 5.76. The van der Waals surface area contributed by atoms with E-state index in [4.69, 9.17) is 5.11 Å². The molecular weight excluding hydrogens is 309 g/mol.